The van der Waals surface area contributed by atoms with Gasteiger partial charge in [0.15, 0.2) is 5.82 Å². The van der Waals surface area contributed by atoms with E-state index in [1.54, 1.807) is 16.8 Å². The van der Waals surface area contributed by atoms with Crippen LogP contribution in [0.4, 0.5) is 16.6 Å². The third-order valence-corrected chi connectivity index (χ3v) is 6.84. The van der Waals surface area contributed by atoms with Gasteiger partial charge in [0.2, 0.25) is 5.95 Å². The molecule has 0 radical (unpaired) electrons. The summed E-state index contributed by atoms with van der Waals surface area (Å²) in [6.45, 7) is 9.36. The molecular formula is C26H31N7O. The van der Waals surface area contributed by atoms with Crippen molar-refractivity contribution in [2.75, 3.05) is 43.0 Å². The maximum Gasteiger partial charge on any atom is 0.330 e. The predicted molar refractivity (Wildman–Crippen MR) is 136 cm³/mol. The fourth-order valence-electron chi connectivity index (χ4n) is 5.07. The van der Waals surface area contributed by atoms with E-state index in [4.69, 9.17) is 15.7 Å². The molecule has 5 rings (SSSR count). The van der Waals surface area contributed by atoms with Gasteiger partial charge in [-0.1, -0.05) is 36.8 Å². The zero-order valence-corrected chi connectivity index (χ0v) is 19.9. The Balaban J connectivity index is 1.54. The number of carbonyl (C=O) groups is 1. The zero-order chi connectivity index (χ0) is 23.8. The van der Waals surface area contributed by atoms with Crippen LogP contribution in [0, 0.1) is 11.8 Å². The van der Waals surface area contributed by atoms with Crippen LogP contribution in [0.2, 0.25) is 0 Å². The van der Waals surface area contributed by atoms with E-state index in [0.29, 0.717) is 24.6 Å². The van der Waals surface area contributed by atoms with Crippen molar-refractivity contribution in [3.05, 3.63) is 47.7 Å². The van der Waals surface area contributed by atoms with Gasteiger partial charge in [0.25, 0.3) is 0 Å². The van der Waals surface area contributed by atoms with E-state index >= 15 is 0 Å². The second kappa shape index (κ2) is 8.99. The smallest absolute Gasteiger partial charge is 0.330 e. The van der Waals surface area contributed by atoms with Gasteiger partial charge in [-0.05, 0) is 31.7 Å². The number of fused-ring (bicyclic) bond motifs is 2. The molecule has 8 nitrogen and oxygen atoms in total. The molecule has 2 amide bonds. The molecule has 4 heterocycles. The lowest BCUT2D eigenvalue weighted by Gasteiger charge is -2.35. The molecule has 0 aliphatic carbocycles. The number of imidazole rings is 1. The van der Waals surface area contributed by atoms with Crippen LogP contribution < -0.4 is 15.5 Å². The molecule has 0 bridgehead atoms. The van der Waals surface area contributed by atoms with Crippen molar-refractivity contribution < 1.29 is 4.79 Å². The fourth-order valence-corrected chi connectivity index (χ4v) is 5.07. The molecule has 0 saturated carbocycles. The van der Waals surface area contributed by atoms with Gasteiger partial charge >= 0.3 is 6.03 Å². The third-order valence-electron chi connectivity index (χ3n) is 6.84. The summed E-state index contributed by atoms with van der Waals surface area (Å²) in [5, 5.41) is 0. The molecule has 3 aliphatic rings. The highest BCUT2D eigenvalue weighted by Gasteiger charge is 2.38. The first-order valence-electron chi connectivity index (χ1n) is 11.9. The van der Waals surface area contributed by atoms with Gasteiger partial charge in [-0.15, -0.1) is 5.92 Å². The van der Waals surface area contributed by atoms with Crippen LogP contribution >= 0.6 is 0 Å². The fraction of sp³-hybridized carbons (Fsp3) is 0.423. The lowest BCUT2D eigenvalue weighted by Crippen LogP contribution is -2.47. The minimum atomic E-state index is -0.156. The highest BCUT2D eigenvalue weighted by Crippen LogP contribution is 2.38. The number of anilines is 2. The number of nitrogens with two attached hydrogens (primary N) is 1. The number of piperidine rings is 1. The van der Waals surface area contributed by atoms with E-state index in [1.807, 2.05) is 19.1 Å². The lowest BCUT2D eigenvalue weighted by molar-refractivity contribution is 0.228. The Morgan fingerprint density at radius 2 is 2.12 bits per heavy atom. The summed E-state index contributed by atoms with van der Waals surface area (Å²) < 4.78 is 2.08. The molecule has 1 unspecified atom stereocenters. The summed E-state index contributed by atoms with van der Waals surface area (Å²) in [4.78, 5) is 28.7. The highest BCUT2D eigenvalue weighted by atomic mass is 16.2. The molecular weight excluding hydrogens is 426 g/mol. The maximum absolute atomic E-state index is 13.5. The van der Waals surface area contributed by atoms with Crippen LogP contribution in [0.1, 0.15) is 36.6 Å². The average molecular weight is 458 g/mol. The quantitative estimate of drug-likeness (QED) is 0.716. The lowest BCUT2D eigenvalue weighted by atomic mass is 9.97. The molecule has 2 N–H and O–H groups in total. The number of rotatable bonds is 4. The Hall–Kier alpha value is -3.57. The summed E-state index contributed by atoms with van der Waals surface area (Å²) in [5.41, 5.74) is 11.0. The van der Waals surface area contributed by atoms with E-state index in [1.165, 1.54) is 5.56 Å². The first-order chi connectivity index (χ1) is 16.5. The molecule has 1 aromatic heterocycles. The summed E-state index contributed by atoms with van der Waals surface area (Å²) in [5.74, 6) is 7.58. The molecule has 1 saturated heterocycles. The highest BCUT2D eigenvalue weighted by molar-refractivity contribution is 6.10. The number of amides is 2. The molecule has 1 aromatic carbocycles. The summed E-state index contributed by atoms with van der Waals surface area (Å²) in [7, 11) is 1.77. The first kappa shape index (κ1) is 22.2. The average Bonchev–Trinajstić information content (AvgIpc) is 3.24. The number of carbonyl (C=O) groups excluding carboxylic acids is 1. The second-order valence-electron chi connectivity index (χ2n) is 9.06. The van der Waals surface area contributed by atoms with E-state index in [9.17, 15) is 4.79 Å². The van der Waals surface area contributed by atoms with Gasteiger partial charge < -0.3 is 10.6 Å². The molecule has 34 heavy (non-hydrogen) atoms. The van der Waals surface area contributed by atoms with Crippen molar-refractivity contribution >= 4 is 29.2 Å². The van der Waals surface area contributed by atoms with Gasteiger partial charge in [0.1, 0.15) is 5.69 Å². The number of aliphatic imine (C=N–C) groups is 1. The standard InChI is InChI=1S/C26H31N7O/c1-4-5-15-32-23-18(2)33(17-22-21-11-7-6-9-19(21)12-13-28-22)26(34)30(3)24(23)29-25(32)31-14-8-10-20(27)16-31/h6-7,9,11,20H,2,8,10,12-17,27H2,1,3H3. The monoisotopic (exact) mass is 457 g/mol. The summed E-state index contributed by atoms with van der Waals surface area (Å²) in [6.07, 6.45) is 2.94. The molecule has 0 spiro atoms. The van der Waals surface area contributed by atoms with Crippen molar-refractivity contribution in [1.82, 2.24) is 14.5 Å². The van der Waals surface area contributed by atoms with Gasteiger partial charge in [-0.25, -0.2) is 4.79 Å². The normalized spacial score (nSPS) is 19.9. The van der Waals surface area contributed by atoms with Crippen LogP contribution in [0.25, 0.3) is 5.70 Å². The van der Waals surface area contributed by atoms with E-state index < -0.39 is 0 Å². The zero-order valence-electron chi connectivity index (χ0n) is 19.9. The predicted octanol–water partition coefficient (Wildman–Crippen LogP) is 2.72. The van der Waals surface area contributed by atoms with Crippen molar-refractivity contribution in [2.24, 2.45) is 10.7 Å². The van der Waals surface area contributed by atoms with Gasteiger partial charge in [-0.2, -0.15) is 4.98 Å². The Morgan fingerprint density at radius 3 is 2.91 bits per heavy atom. The van der Waals surface area contributed by atoms with Gasteiger partial charge in [-0.3, -0.25) is 19.4 Å². The van der Waals surface area contributed by atoms with Crippen molar-refractivity contribution in [3.63, 3.8) is 0 Å². The molecule has 1 atom stereocenters. The molecule has 1 fully saturated rings. The van der Waals surface area contributed by atoms with Crippen LogP contribution in [0.3, 0.4) is 0 Å². The number of urea groups is 1. The Morgan fingerprint density at radius 1 is 1.29 bits per heavy atom. The van der Waals surface area contributed by atoms with Crippen LogP contribution in [-0.2, 0) is 13.0 Å². The molecule has 2 aromatic rings. The molecule has 3 aliphatic heterocycles. The second-order valence-corrected chi connectivity index (χ2v) is 9.06. The number of aromatic nitrogens is 2. The first-order valence-corrected chi connectivity index (χ1v) is 11.9. The molecule has 8 heteroatoms. The van der Waals surface area contributed by atoms with Crippen LogP contribution in [-0.4, -0.2) is 65.5 Å². The number of benzene rings is 1. The van der Waals surface area contributed by atoms with Crippen LogP contribution in [0.5, 0.6) is 0 Å². The van der Waals surface area contributed by atoms with Gasteiger partial charge in [0.05, 0.1) is 24.5 Å². The Kier molecular flexibility index (Phi) is 5.88. The van der Waals surface area contributed by atoms with Crippen molar-refractivity contribution in [2.45, 2.75) is 38.8 Å². The number of nitrogens with zero attached hydrogens (tertiary/aromatic N) is 6. The minimum Gasteiger partial charge on any atom is -0.341 e. The molecule has 176 valence electrons. The summed E-state index contributed by atoms with van der Waals surface area (Å²) >= 11 is 0. The van der Waals surface area contributed by atoms with E-state index in [0.717, 1.165) is 61.8 Å². The van der Waals surface area contributed by atoms with Crippen molar-refractivity contribution in [3.8, 4) is 11.8 Å². The topological polar surface area (TPSA) is 83.0 Å². The van der Waals surface area contributed by atoms with E-state index in [-0.39, 0.29) is 12.1 Å². The summed E-state index contributed by atoms with van der Waals surface area (Å²) in [6, 6.07) is 8.24. The van der Waals surface area contributed by atoms with E-state index in [2.05, 4.69) is 40.0 Å². The Labute approximate surface area is 200 Å². The number of hydrogen-bond acceptors (Lipinski definition) is 5. The minimum absolute atomic E-state index is 0.108. The SMILES string of the molecule is C=C1c2c(nc(N3CCCC(N)C3)n2CC#CC)N(C)C(=O)N1CC1=NCCc2ccccc21. The third kappa shape index (κ3) is 3.76. The van der Waals surface area contributed by atoms with Crippen molar-refractivity contribution in [1.29, 1.82) is 0 Å². The van der Waals surface area contributed by atoms with Gasteiger partial charge in [0, 0.05) is 38.3 Å². The Bertz CT molecular complexity index is 1230. The largest absolute Gasteiger partial charge is 0.341 e. The maximum atomic E-state index is 13.5. The number of hydrogen-bond donors (Lipinski definition) is 1. The van der Waals surface area contributed by atoms with Crippen LogP contribution in [0.15, 0.2) is 35.8 Å².